The number of carbonyl (C=O) groups excluding carboxylic acids is 1. The van der Waals surface area contributed by atoms with Crippen molar-refractivity contribution in [3.63, 3.8) is 0 Å². The quantitative estimate of drug-likeness (QED) is 0.655. The molecule has 2 aromatic rings. The van der Waals surface area contributed by atoms with Crippen LogP contribution < -0.4 is 15.4 Å². The minimum atomic E-state index is -0.534. The van der Waals surface area contributed by atoms with E-state index >= 15 is 0 Å². The number of hydrogen-bond acceptors (Lipinski definition) is 4. The van der Waals surface area contributed by atoms with Gasteiger partial charge in [-0.1, -0.05) is 18.2 Å². The Morgan fingerprint density at radius 1 is 1.18 bits per heavy atom. The van der Waals surface area contributed by atoms with Crippen molar-refractivity contribution in [2.45, 2.75) is 12.5 Å². The first kappa shape index (κ1) is 16.3. The maximum Gasteiger partial charge on any atom is 0.314 e. The first-order valence-corrected chi connectivity index (χ1v) is 8.09. The molecule has 0 bridgehead atoms. The maximum absolute atomic E-state index is 11.6. The summed E-state index contributed by atoms with van der Waals surface area (Å²) in [6.45, 7) is 1.26. The minimum Gasteiger partial charge on any atom is -0.492 e. The van der Waals surface area contributed by atoms with Gasteiger partial charge in [-0.25, -0.2) is 4.79 Å². The van der Waals surface area contributed by atoms with Crippen LogP contribution in [0.4, 0.5) is 4.79 Å². The number of para-hydroxylation sites is 1. The summed E-state index contributed by atoms with van der Waals surface area (Å²) in [5, 5.41) is 19.1. The molecule has 6 heteroatoms. The maximum atomic E-state index is 11.6. The lowest BCUT2D eigenvalue weighted by Gasteiger charge is -2.11. The van der Waals surface area contributed by atoms with Crippen molar-refractivity contribution in [2.75, 3.05) is 19.7 Å². The Morgan fingerprint density at radius 2 is 1.95 bits per heavy atom. The monoisotopic (exact) mass is 320 g/mol. The van der Waals surface area contributed by atoms with Gasteiger partial charge in [-0.3, -0.25) is 0 Å². The molecule has 1 aromatic heterocycles. The zero-order valence-corrected chi connectivity index (χ0v) is 13.0. The third-order valence-electron chi connectivity index (χ3n) is 3.03. The van der Waals surface area contributed by atoms with Crippen molar-refractivity contribution in [2.24, 2.45) is 0 Å². The predicted molar refractivity (Wildman–Crippen MR) is 87.2 cm³/mol. The summed E-state index contributed by atoms with van der Waals surface area (Å²) in [7, 11) is 0. The van der Waals surface area contributed by atoms with Gasteiger partial charge in [0.05, 0.1) is 12.6 Å². The van der Waals surface area contributed by atoms with Gasteiger partial charge in [-0.05, 0) is 40.9 Å². The van der Waals surface area contributed by atoms with Crippen molar-refractivity contribution >= 4 is 17.4 Å². The van der Waals surface area contributed by atoms with Crippen LogP contribution in [-0.2, 0) is 0 Å². The number of amides is 2. The number of carbonyl (C=O) groups is 1. The predicted octanol–water partition coefficient (Wildman–Crippen LogP) is 2.55. The normalized spacial score (nSPS) is 11.7. The summed E-state index contributed by atoms with van der Waals surface area (Å²) in [4.78, 5) is 11.6. The molecule has 3 N–H and O–H groups in total. The SMILES string of the molecule is O=C(NCCOc1ccccc1)NCCC(O)c1ccsc1. The average Bonchev–Trinajstić information content (AvgIpc) is 3.07. The number of nitrogens with one attached hydrogen (secondary N) is 2. The lowest BCUT2D eigenvalue weighted by molar-refractivity contribution is 0.167. The molecule has 2 amide bonds. The fourth-order valence-corrected chi connectivity index (χ4v) is 2.57. The second kappa shape index (κ2) is 9.07. The van der Waals surface area contributed by atoms with Gasteiger partial charge in [-0.2, -0.15) is 11.3 Å². The van der Waals surface area contributed by atoms with Crippen LogP contribution in [-0.4, -0.2) is 30.8 Å². The van der Waals surface area contributed by atoms with Gasteiger partial charge in [0, 0.05) is 6.54 Å². The molecule has 0 spiro atoms. The van der Waals surface area contributed by atoms with Gasteiger partial charge >= 0.3 is 6.03 Å². The Kier molecular flexibility index (Phi) is 6.73. The van der Waals surface area contributed by atoms with Crippen LogP contribution >= 0.6 is 11.3 Å². The van der Waals surface area contributed by atoms with E-state index in [2.05, 4.69) is 10.6 Å². The highest BCUT2D eigenvalue weighted by Gasteiger charge is 2.08. The minimum absolute atomic E-state index is 0.255. The second-order valence-corrected chi connectivity index (χ2v) is 5.49. The number of rotatable bonds is 8. The van der Waals surface area contributed by atoms with Crippen LogP contribution in [0.1, 0.15) is 18.1 Å². The highest BCUT2D eigenvalue weighted by atomic mass is 32.1. The van der Waals surface area contributed by atoms with Gasteiger partial charge in [0.2, 0.25) is 0 Å². The zero-order valence-electron chi connectivity index (χ0n) is 12.2. The smallest absolute Gasteiger partial charge is 0.314 e. The first-order valence-electron chi connectivity index (χ1n) is 7.15. The van der Waals surface area contributed by atoms with E-state index in [1.165, 1.54) is 0 Å². The molecule has 0 aliphatic carbocycles. The lowest BCUT2D eigenvalue weighted by Crippen LogP contribution is -2.38. The number of benzene rings is 1. The van der Waals surface area contributed by atoms with Crippen LogP contribution in [0.25, 0.3) is 0 Å². The molecule has 0 radical (unpaired) electrons. The molecule has 118 valence electrons. The standard InChI is InChI=1S/C16H20N2O3S/c19-15(13-7-11-22-12-13)6-8-17-16(20)18-9-10-21-14-4-2-1-3-5-14/h1-5,7,11-12,15,19H,6,8-10H2,(H2,17,18,20). The number of urea groups is 1. The van der Waals surface area contributed by atoms with E-state index in [9.17, 15) is 9.90 Å². The van der Waals surface area contributed by atoms with Crippen molar-refractivity contribution in [1.29, 1.82) is 0 Å². The number of ether oxygens (including phenoxy) is 1. The Labute approximate surface area is 133 Å². The van der Waals surface area contributed by atoms with Gasteiger partial charge in [0.15, 0.2) is 0 Å². The molecule has 1 unspecified atom stereocenters. The van der Waals surface area contributed by atoms with Gasteiger partial charge in [-0.15, -0.1) is 0 Å². The van der Waals surface area contributed by atoms with Crippen LogP contribution in [0.15, 0.2) is 47.2 Å². The van der Waals surface area contributed by atoms with E-state index in [-0.39, 0.29) is 6.03 Å². The molecule has 1 heterocycles. The molecule has 0 aliphatic rings. The largest absolute Gasteiger partial charge is 0.492 e. The highest BCUT2D eigenvalue weighted by Crippen LogP contribution is 2.18. The summed E-state index contributed by atoms with van der Waals surface area (Å²) in [6, 6.07) is 11.1. The number of hydrogen-bond donors (Lipinski definition) is 3. The molecule has 22 heavy (non-hydrogen) atoms. The van der Waals surface area contributed by atoms with Crippen LogP contribution in [0, 0.1) is 0 Å². The summed E-state index contributed by atoms with van der Waals surface area (Å²) in [5.41, 5.74) is 0.892. The van der Waals surface area contributed by atoms with E-state index in [0.29, 0.717) is 26.1 Å². The summed E-state index contributed by atoms with van der Waals surface area (Å²) in [6.07, 6.45) is -0.0435. The van der Waals surface area contributed by atoms with E-state index in [1.54, 1.807) is 11.3 Å². The Morgan fingerprint density at radius 3 is 2.68 bits per heavy atom. The first-order chi connectivity index (χ1) is 10.8. The molecule has 1 aromatic carbocycles. The lowest BCUT2D eigenvalue weighted by atomic mass is 10.1. The highest BCUT2D eigenvalue weighted by molar-refractivity contribution is 7.07. The van der Waals surface area contributed by atoms with Crippen molar-refractivity contribution < 1.29 is 14.6 Å². The topological polar surface area (TPSA) is 70.6 Å². The third-order valence-corrected chi connectivity index (χ3v) is 3.73. The Balaban J connectivity index is 1.53. The number of thiophene rings is 1. The van der Waals surface area contributed by atoms with E-state index in [0.717, 1.165) is 11.3 Å². The van der Waals surface area contributed by atoms with Crippen LogP contribution in [0.2, 0.25) is 0 Å². The molecular weight excluding hydrogens is 300 g/mol. The molecular formula is C16H20N2O3S. The van der Waals surface area contributed by atoms with Gasteiger partial charge < -0.3 is 20.5 Å². The molecule has 0 saturated carbocycles. The third kappa shape index (κ3) is 5.75. The van der Waals surface area contributed by atoms with Crippen molar-refractivity contribution in [3.8, 4) is 5.75 Å². The fourth-order valence-electron chi connectivity index (χ4n) is 1.87. The second-order valence-electron chi connectivity index (χ2n) is 4.71. The Hall–Kier alpha value is -2.05. The molecule has 0 aliphatic heterocycles. The summed E-state index contributed by atoms with van der Waals surface area (Å²) >= 11 is 1.55. The van der Waals surface area contributed by atoms with E-state index in [4.69, 9.17) is 4.74 Å². The van der Waals surface area contributed by atoms with Gasteiger partial charge in [0.25, 0.3) is 0 Å². The Bertz CT molecular complexity index is 546. The number of aliphatic hydroxyl groups is 1. The number of aliphatic hydroxyl groups excluding tert-OH is 1. The molecule has 5 nitrogen and oxygen atoms in total. The molecule has 0 fully saturated rings. The molecule has 1 atom stereocenters. The van der Waals surface area contributed by atoms with Crippen LogP contribution in [0.3, 0.4) is 0 Å². The van der Waals surface area contributed by atoms with Crippen molar-refractivity contribution in [3.05, 3.63) is 52.7 Å². The van der Waals surface area contributed by atoms with Gasteiger partial charge in [0.1, 0.15) is 12.4 Å². The van der Waals surface area contributed by atoms with Crippen LogP contribution in [0.5, 0.6) is 5.75 Å². The summed E-state index contributed by atoms with van der Waals surface area (Å²) < 4.78 is 5.47. The van der Waals surface area contributed by atoms with Crippen molar-refractivity contribution in [1.82, 2.24) is 10.6 Å². The molecule has 2 rings (SSSR count). The van der Waals surface area contributed by atoms with E-state index in [1.807, 2.05) is 47.2 Å². The fraction of sp³-hybridized carbons (Fsp3) is 0.312. The summed E-state index contributed by atoms with van der Waals surface area (Å²) in [5.74, 6) is 0.781. The van der Waals surface area contributed by atoms with E-state index < -0.39 is 6.10 Å². The average molecular weight is 320 g/mol. The molecule has 0 saturated heterocycles. The zero-order chi connectivity index (χ0) is 15.6.